The van der Waals surface area contributed by atoms with E-state index in [0.717, 1.165) is 50.8 Å². The average Bonchev–Trinajstić information content (AvgIpc) is 3.17. The van der Waals surface area contributed by atoms with Gasteiger partial charge in [-0.15, -0.1) is 0 Å². The lowest BCUT2D eigenvalue weighted by molar-refractivity contribution is 0.126. The molecular weight excluding hydrogens is 224 g/mol. The molecule has 0 atom stereocenters. The van der Waals surface area contributed by atoms with Gasteiger partial charge >= 0.3 is 0 Å². The van der Waals surface area contributed by atoms with Gasteiger partial charge in [0.2, 0.25) is 0 Å². The summed E-state index contributed by atoms with van der Waals surface area (Å²) >= 11 is 0. The van der Waals surface area contributed by atoms with Crippen LogP contribution in [0.3, 0.4) is 0 Å². The number of hydrogen-bond donors (Lipinski definition) is 2. The molecule has 0 amide bonds. The summed E-state index contributed by atoms with van der Waals surface area (Å²) in [6.07, 6.45) is 4.97. The van der Waals surface area contributed by atoms with Crippen molar-refractivity contribution in [3.63, 3.8) is 0 Å². The number of benzene rings is 1. The van der Waals surface area contributed by atoms with Crippen molar-refractivity contribution < 1.29 is 4.74 Å². The summed E-state index contributed by atoms with van der Waals surface area (Å²) in [5.74, 6) is 0.869. The van der Waals surface area contributed by atoms with Crippen LogP contribution < -0.4 is 11.1 Å². The van der Waals surface area contributed by atoms with Crippen LogP contribution in [0.1, 0.15) is 24.8 Å². The summed E-state index contributed by atoms with van der Waals surface area (Å²) in [5, 5.41) is 3.41. The third kappa shape index (κ3) is 5.52. The highest BCUT2D eigenvalue weighted by Gasteiger charge is 2.20. The molecule has 100 valence electrons. The van der Waals surface area contributed by atoms with Crippen molar-refractivity contribution in [3.05, 3.63) is 29.8 Å². The maximum atomic E-state index is 5.74. The van der Waals surface area contributed by atoms with E-state index in [-0.39, 0.29) is 0 Å². The fourth-order valence-electron chi connectivity index (χ4n) is 1.97. The first kappa shape index (κ1) is 13.4. The predicted octanol–water partition coefficient (Wildman–Crippen LogP) is 2.22. The van der Waals surface area contributed by atoms with E-state index in [0.29, 0.717) is 0 Å². The molecule has 1 saturated carbocycles. The van der Waals surface area contributed by atoms with Crippen molar-refractivity contribution in [1.29, 1.82) is 0 Å². The molecule has 1 fully saturated rings. The summed E-state index contributed by atoms with van der Waals surface area (Å²) in [4.78, 5) is 0. The molecule has 1 aliphatic carbocycles. The molecule has 0 unspecified atom stereocenters. The van der Waals surface area contributed by atoms with Gasteiger partial charge in [0.1, 0.15) is 0 Å². The van der Waals surface area contributed by atoms with Gasteiger partial charge in [0.15, 0.2) is 0 Å². The topological polar surface area (TPSA) is 47.3 Å². The molecule has 18 heavy (non-hydrogen) atoms. The second-order valence-corrected chi connectivity index (χ2v) is 5.12. The number of rotatable bonds is 9. The van der Waals surface area contributed by atoms with Crippen LogP contribution in [0.2, 0.25) is 0 Å². The van der Waals surface area contributed by atoms with Crippen LogP contribution in [0.15, 0.2) is 24.3 Å². The van der Waals surface area contributed by atoms with Gasteiger partial charge in [0.25, 0.3) is 0 Å². The van der Waals surface area contributed by atoms with E-state index in [1.165, 1.54) is 18.4 Å². The lowest BCUT2D eigenvalue weighted by Crippen LogP contribution is -2.21. The maximum Gasteiger partial charge on any atom is 0.0591 e. The smallest absolute Gasteiger partial charge is 0.0591 e. The van der Waals surface area contributed by atoms with E-state index in [9.17, 15) is 0 Å². The molecule has 3 heteroatoms. The zero-order chi connectivity index (χ0) is 12.6. The Morgan fingerprint density at radius 2 is 2.17 bits per heavy atom. The Labute approximate surface area is 110 Å². The Bertz CT molecular complexity index is 350. The highest BCUT2D eigenvalue weighted by Crippen LogP contribution is 2.28. The highest BCUT2D eigenvalue weighted by molar-refractivity contribution is 5.40. The molecule has 1 aliphatic rings. The van der Waals surface area contributed by atoms with Gasteiger partial charge in [-0.1, -0.05) is 12.1 Å². The minimum atomic E-state index is 0.842. The van der Waals surface area contributed by atoms with E-state index in [4.69, 9.17) is 10.5 Å². The number of nitrogens with one attached hydrogen (secondary N) is 1. The van der Waals surface area contributed by atoms with Gasteiger partial charge in [0.05, 0.1) is 6.61 Å². The third-order valence-corrected chi connectivity index (χ3v) is 3.24. The van der Waals surface area contributed by atoms with Crippen LogP contribution in [0, 0.1) is 5.92 Å². The van der Waals surface area contributed by atoms with Crippen LogP contribution in [-0.2, 0) is 11.2 Å². The maximum absolute atomic E-state index is 5.74. The molecule has 1 aromatic rings. The molecule has 0 heterocycles. The Balaban J connectivity index is 1.43. The predicted molar refractivity (Wildman–Crippen MR) is 75.6 cm³/mol. The molecule has 0 bridgehead atoms. The van der Waals surface area contributed by atoms with E-state index in [2.05, 4.69) is 17.4 Å². The molecule has 3 nitrogen and oxygen atoms in total. The summed E-state index contributed by atoms with van der Waals surface area (Å²) in [6, 6.07) is 8.14. The first-order valence-corrected chi connectivity index (χ1v) is 6.97. The number of nitrogens with two attached hydrogens (primary N) is 1. The zero-order valence-electron chi connectivity index (χ0n) is 11.0. The van der Waals surface area contributed by atoms with Crippen LogP contribution >= 0.6 is 0 Å². The van der Waals surface area contributed by atoms with Crippen molar-refractivity contribution in [2.45, 2.75) is 25.7 Å². The SMILES string of the molecule is Nc1cccc(CCCNCCOCC2CC2)c1. The zero-order valence-corrected chi connectivity index (χ0v) is 11.0. The number of hydrogen-bond acceptors (Lipinski definition) is 3. The van der Waals surface area contributed by atoms with E-state index in [1.807, 2.05) is 12.1 Å². The molecule has 0 aromatic heterocycles. The minimum Gasteiger partial charge on any atom is -0.399 e. The Morgan fingerprint density at radius 3 is 2.94 bits per heavy atom. The molecule has 0 aliphatic heterocycles. The third-order valence-electron chi connectivity index (χ3n) is 3.24. The lowest BCUT2D eigenvalue weighted by atomic mass is 10.1. The number of ether oxygens (including phenoxy) is 1. The second-order valence-electron chi connectivity index (χ2n) is 5.12. The number of nitrogen functional groups attached to an aromatic ring is 1. The van der Waals surface area contributed by atoms with Crippen molar-refractivity contribution in [2.75, 3.05) is 32.0 Å². The average molecular weight is 248 g/mol. The van der Waals surface area contributed by atoms with E-state index in [1.54, 1.807) is 0 Å². The van der Waals surface area contributed by atoms with Crippen molar-refractivity contribution in [1.82, 2.24) is 5.32 Å². The normalized spacial score (nSPS) is 14.9. The molecule has 0 radical (unpaired) electrons. The quantitative estimate of drug-likeness (QED) is 0.520. The number of anilines is 1. The van der Waals surface area contributed by atoms with Gasteiger partial charge in [-0.2, -0.15) is 0 Å². The largest absolute Gasteiger partial charge is 0.399 e. The van der Waals surface area contributed by atoms with Gasteiger partial charge in [-0.25, -0.2) is 0 Å². The van der Waals surface area contributed by atoms with Gasteiger partial charge in [0, 0.05) is 18.8 Å². The minimum absolute atomic E-state index is 0.842. The summed E-state index contributed by atoms with van der Waals surface area (Å²) < 4.78 is 5.56. The monoisotopic (exact) mass is 248 g/mol. The summed E-state index contributed by atoms with van der Waals surface area (Å²) in [6.45, 7) is 3.81. The molecule has 0 spiro atoms. The standard InChI is InChI=1S/C15H24N2O/c16-15-5-1-3-13(11-15)4-2-8-17-9-10-18-12-14-6-7-14/h1,3,5,11,14,17H,2,4,6-10,12,16H2. The number of aryl methyl sites for hydroxylation is 1. The van der Waals surface area contributed by atoms with Gasteiger partial charge < -0.3 is 15.8 Å². The van der Waals surface area contributed by atoms with Gasteiger partial charge in [-0.3, -0.25) is 0 Å². The Kier molecular flexibility index (Phi) is 5.49. The lowest BCUT2D eigenvalue weighted by Gasteiger charge is -2.06. The van der Waals surface area contributed by atoms with E-state index < -0.39 is 0 Å². The Morgan fingerprint density at radius 1 is 1.28 bits per heavy atom. The van der Waals surface area contributed by atoms with Crippen LogP contribution in [0.5, 0.6) is 0 Å². The first-order valence-electron chi connectivity index (χ1n) is 6.97. The fourth-order valence-corrected chi connectivity index (χ4v) is 1.97. The summed E-state index contributed by atoms with van der Waals surface area (Å²) in [7, 11) is 0. The highest BCUT2D eigenvalue weighted by atomic mass is 16.5. The summed E-state index contributed by atoms with van der Waals surface area (Å²) in [5.41, 5.74) is 7.92. The second kappa shape index (κ2) is 7.39. The van der Waals surface area contributed by atoms with Crippen LogP contribution in [-0.4, -0.2) is 26.3 Å². The fraction of sp³-hybridized carbons (Fsp3) is 0.600. The van der Waals surface area contributed by atoms with Crippen LogP contribution in [0.4, 0.5) is 5.69 Å². The van der Waals surface area contributed by atoms with Crippen molar-refractivity contribution in [3.8, 4) is 0 Å². The molecule has 0 saturated heterocycles. The molecule has 3 N–H and O–H groups in total. The van der Waals surface area contributed by atoms with E-state index >= 15 is 0 Å². The molecule has 1 aromatic carbocycles. The first-order chi connectivity index (χ1) is 8.84. The van der Waals surface area contributed by atoms with Crippen molar-refractivity contribution >= 4 is 5.69 Å². The van der Waals surface area contributed by atoms with Crippen LogP contribution in [0.25, 0.3) is 0 Å². The Hall–Kier alpha value is -1.06. The van der Waals surface area contributed by atoms with Crippen molar-refractivity contribution in [2.24, 2.45) is 5.92 Å². The van der Waals surface area contributed by atoms with Gasteiger partial charge in [-0.05, 0) is 55.8 Å². The molecule has 2 rings (SSSR count). The molecular formula is C15H24N2O.